The fourth-order valence-electron chi connectivity index (χ4n) is 2.73. The molecule has 0 fully saturated rings. The average Bonchev–Trinajstić information content (AvgIpc) is 3.13. The lowest BCUT2D eigenvalue weighted by molar-refractivity contribution is -0.133. The highest BCUT2D eigenvalue weighted by atomic mass is 32.1. The molecule has 0 aliphatic rings. The van der Waals surface area contributed by atoms with Gasteiger partial charge in [0.15, 0.2) is 0 Å². The molecule has 4 nitrogen and oxygen atoms in total. The van der Waals surface area contributed by atoms with Crippen molar-refractivity contribution in [3.8, 4) is 0 Å². The molecule has 2 aromatic rings. The van der Waals surface area contributed by atoms with Crippen LogP contribution in [0.4, 0.5) is 0 Å². The molecular weight excluding hydrogens is 344 g/mol. The van der Waals surface area contributed by atoms with E-state index in [4.69, 9.17) is 0 Å². The van der Waals surface area contributed by atoms with E-state index in [1.807, 2.05) is 25.3 Å². The lowest BCUT2D eigenvalue weighted by Gasteiger charge is -2.27. The minimum Gasteiger partial charge on any atom is -0.340 e. The first kappa shape index (κ1) is 20.2. The first-order valence-corrected chi connectivity index (χ1v) is 9.85. The second kappa shape index (κ2) is 8.99. The third kappa shape index (κ3) is 5.18. The lowest BCUT2D eigenvalue weighted by Crippen LogP contribution is -2.49. The molecule has 0 radical (unpaired) electrons. The summed E-state index contributed by atoms with van der Waals surface area (Å²) in [6.07, 6.45) is 0. The highest BCUT2D eigenvalue weighted by molar-refractivity contribution is 7.12. The Bertz CT molecular complexity index is 721. The van der Waals surface area contributed by atoms with Gasteiger partial charge < -0.3 is 10.2 Å². The topological polar surface area (TPSA) is 49.4 Å². The number of benzene rings is 1. The molecule has 0 saturated heterocycles. The largest absolute Gasteiger partial charge is 0.340 e. The van der Waals surface area contributed by atoms with Gasteiger partial charge in [0, 0.05) is 13.6 Å². The van der Waals surface area contributed by atoms with Crippen LogP contribution in [0.2, 0.25) is 0 Å². The van der Waals surface area contributed by atoms with Gasteiger partial charge in [0.05, 0.1) is 4.88 Å². The van der Waals surface area contributed by atoms with Crippen LogP contribution in [-0.2, 0) is 11.3 Å². The van der Waals surface area contributed by atoms with E-state index in [2.05, 4.69) is 43.4 Å². The van der Waals surface area contributed by atoms with Gasteiger partial charge in [-0.25, -0.2) is 0 Å². The number of amides is 2. The summed E-state index contributed by atoms with van der Waals surface area (Å²) in [5.41, 5.74) is 2.36. The Balaban J connectivity index is 2.04. The zero-order valence-corrected chi connectivity index (χ0v) is 17.0. The summed E-state index contributed by atoms with van der Waals surface area (Å²) < 4.78 is 0. The predicted octanol–water partition coefficient (Wildman–Crippen LogP) is 4.28. The number of thiophene rings is 1. The van der Waals surface area contributed by atoms with Gasteiger partial charge in [-0.15, -0.1) is 11.3 Å². The Morgan fingerprint density at radius 2 is 1.73 bits per heavy atom. The molecular formula is C21H28N2O2S. The quantitative estimate of drug-likeness (QED) is 0.788. The third-order valence-corrected chi connectivity index (χ3v) is 5.28. The van der Waals surface area contributed by atoms with Crippen LogP contribution < -0.4 is 5.32 Å². The van der Waals surface area contributed by atoms with Gasteiger partial charge in [0.25, 0.3) is 5.91 Å². The molecule has 0 saturated carbocycles. The second-order valence-electron chi connectivity index (χ2n) is 7.26. The third-order valence-electron chi connectivity index (χ3n) is 4.41. The molecule has 1 unspecified atom stereocenters. The van der Waals surface area contributed by atoms with Crippen molar-refractivity contribution in [2.75, 3.05) is 7.05 Å². The zero-order chi connectivity index (χ0) is 19.3. The van der Waals surface area contributed by atoms with Crippen molar-refractivity contribution in [1.29, 1.82) is 0 Å². The van der Waals surface area contributed by atoms with E-state index < -0.39 is 6.04 Å². The average molecular weight is 373 g/mol. The number of carbonyl (C=O) groups is 2. The number of nitrogens with zero attached hydrogens (tertiary/aromatic N) is 1. The van der Waals surface area contributed by atoms with E-state index in [0.29, 0.717) is 17.3 Å². The molecule has 1 aromatic carbocycles. The van der Waals surface area contributed by atoms with E-state index in [9.17, 15) is 9.59 Å². The Morgan fingerprint density at radius 1 is 1.08 bits per heavy atom. The molecule has 140 valence electrons. The monoisotopic (exact) mass is 372 g/mol. The number of hydrogen-bond donors (Lipinski definition) is 1. The van der Waals surface area contributed by atoms with Crippen molar-refractivity contribution >= 4 is 23.2 Å². The van der Waals surface area contributed by atoms with Crippen molar-refractivity contribution in [3.63, 3.8) is 0 Å². The van der Waals surface area contributed by atoms with Gasteiger partial charge in [0.2, 0.25) is 5.91 Å². The second-order valence-corrected chi connectivity index (χ2v) is 8.21. The molecule has 0 aliphatic heterocycles. The van der Waals surface area contributed by atoms with E-state index in [-0.39, 0.29) is 17.7 Å². The normalized spacial score (nSPS) is 12.3. The fraction of sp³-hybridized carbons (Fsp3) is 0.429. The summed E-state index contributed by atoms with van der Waals surface area (Å²) in [7, 11) is 1.78. The van der Waals surface area contributed by atoms with Gasteiger partial charge in [-0.05, 0) is 34.4 Å². The lowest BCUT2D eigenvalue weighted by atomic mass is 10.0. The zero-order valence-electron chi connectivity index (χ0n) is 16.2. The molecule has 5 heteroatoms. The van der Waals surface area contributed by atoms with Crippen LogP contribution in [0.15, 0.2) is 41.8 Å². The molecule has 0 aliphatic carbocycles. The Kier molecular flexibility index (Phi) is 6.98. The Labute approximate surface area is 160 Å². The van der Waals surface area contributed by atoms with Crippen molar-refractivity contribution in [2.24, 2.45) is 5.92 Å². The number of carbonyl (C=O) groups excluding carboxylic acids is 2. The number of nitrogens with one attached hydrogen (secondary N) is 1. The molecule has 1 aromatic heterocycles. The maximum Gasteiger partial charge on any atom is 0.262 e. The van der Waals surface area contributed by atoms with Crippen LogP contribution in [0.3, 0.4) is 0 Å². The molecule has 1 N–H and O–H groups in total. The molecule has 2 amide bonds. The fourth-order valence-corrected chi connectivity index (χ4v) is 3.36. The molecule has 0 bridgehead atoms. The van der Waals surface area contributed by atoms with E-state index in [0.717, 1.165) is 5.56 Å². The highest BCUT2D eigenvalue weighted by Gasteiger charge is 2.27. The van der Waals surface area contributed by atoms with Crippen LogP contribution in [-0.4, -0.2) is 29.8 Å². The maximum atomic E-state index is 12.9. The van der Waals surface area contributed by atoms with Crippen LogP contribution in [0.1, 0.15) is 54.4 Å². The minimum atomic E-state index is -0.537. The smallest absolute Gasteiger partial charge is 0.262 e. The van der Waals surface area contributed by atoms with E-state index in [1.165, 1.54) is 16.9 Å². The summed E-state index contributed by atoms with van der Waals surface area (Å²) in [6, 6.07) is 11.4. The molecule has 0 spiro atoms. The van der Waals surface area contributed by atoms with E-state index in [1.54, 1.807) is 18.0 Å². The summed E-state index contributed by atoms with van der Waals surface area (Å²) in [4.78, 5) is 27.5. The standard InChI is InChI=1S/C21H28N2O2S/c1-14(2)17-10-8-16(9-11-17)13-23(5)21(25)19(15(3)4)22-20(24)18-7-6-12-26-18/h6-12,14-15,19H,13H2,1-5H3,(H,22,24). The van der Waals surface area contributed by atoms with Gasteiger partial charge in [-0.2, -0.15) is 0 Å². The van der Waals surface area contributed by atoms with Gasteiger partial charge in [-0.3, -0.25) is 9.59 Å². The number of likely N-dealkylation sites (N-methyl/N-ethyl adjacent to an activating group) is 1. The van der Waals surface area contributed by atoms with Crippen molar-refractivity contribution < 1.29 is 9.59 Å². The maximum absolute atomic E-state index is 12.9. The van der Waals surface area contributed by atoms with Crippen LogP contribution in [0.25, 0.3) is 0 Å². The first-order valence-electron chi connectivity index (χ1n) is 8.97. The van der Waals surface area contributed by atoms with Gasteiger partial charge in [-0.1, -0.05) is 58.0 Å². The van der Waals surface area contributed by atoms with Crippen LogP contribution in [0, 0.1) is 5.92 Å². The predicted molar refractivity (Wildman–Crippen MR) is 107 cm³/mol. The van der Waals surface area contributed by atoms with Crippen molar-refractivity contribution in [3.05, 3.63) is 57.8 Å². The molecule has 2 rings (SSSR count). The minimum absolute atomic E-state index is 0.0113. The molecule has 1 atom stereocenters. The van der Waals surface area contributed by atoms with Crippen LogP contribution >= 0.6 is 11.3 Å². The SMILES string of the molecule is CC(C)c1ccc(CN(C)C(=O)C(NC(=O)c2cccs2)C(C)C)cc1. The Hall–Kier alpha value is -2.14. The van der Waals surface area contributed by atoms with Gasteiger partial charge >= 0.3 is 0 Å². The first-order chi connectivity index (χ1) is 12.3. The molecule has 26 heavy (non-hydrogen) atoms. The van der Waals surface area contributed by atoms with E-state index >= 15 is 0 Å². The highest BCUT2D eigenvalue weighted by Crippen LogP contribution is 2.16. The molecule has 1 heterocycles. The van der Waals surface area contributed by atoms with Crippen molar-refractivity contribution in [2.45, 2.75) is 46.2 Å². The number of rotatable bonds is 7. The summed E-state index contributed by atoms with van der Waals surface area (Å²) in [5.74, 6) is 0.234. The van der Waals surface area contributed by atoms with Crippen molar-refractivity contribution in [1.82, 2.24) is 10.2 Å². The number of hydrogen-bond acceptors (Lipinski definition) is 3. The van der Waals surface area contributed by atoms with Crippen LogP contribution in [0.5, 0.6) is 0 Å². The summed E-state index contributed by atoms with van der Waals surface area (Å²) >= 11 is 1.37. The van der Waals surface area contributed by atoms with Gasteiger partial charge in [0.1, 0.15) is 6.04 Å². The summed E-state index contributed by atoms with van der Waals surface area (Å²) in [6.45, 7) is 8.74. The summed E-state index contributed by atoms with van der Waals surface area (Å²) in [5, 5.41) is 4.74. The Morgan fingerprint density at radius 3 is 2.23 bits per heavy atom.